The number of carbonyl (C=O) groups is 1. The van der Waals surface area contributed by atoms with Gasteiger partial charge in [0.25, 0.3) is 0 Å². The average molecular weight is 578 g/mol. The van der Waals surface area contributed by atoms with Gasteiger partial charge in [0, 0.05) is 16.8 Å². The Morgan fingerprint density at radius 2 is 1.25 bits per heavy atom. The molecule has 6 aromatic rings. The van der Waals surface area contributed by atoms with Gasteiger partial charge in [0.15, 0.2) is 0 Å². The van der Waals surface area contributed by atoms with Crippen LogP contribution in [-0.2, 0) is 27.1 Å². The molecular weight excluding hydrogens is 538 g/mol. The third-order valence-electron chi connectivity index (χ3n) is 9.13. The monoisotopic (exact) mass is 577 g/mol. The third kappa shape index (κ3) is 5.46. The van der Waals surface area contributed by atoms with Gasteiger partial charge in [-0.05, 0) is 78.2 Å². The molecule has 0 aromatic heterocycles. The molecule has 3 heteroatoms. The molecule has 0 saturated carbocycles. The largest absolute Gasteiger partial charge is 0.460 e. The Hall–Kier alpha value is -4.89. The second-order valence-corrected chi connectivity index (χ2v) is 12.3. The molecule has 0 aliphatic rings. The van der Waals surface area contributed by atoms with Crippen LogP contribution in [0.3, 0.4) is 0 Å². The molecule has 0 spiro atoms. The van der Waals surface area contributed by atoms with Crippen molar-refractivity contribution in [1.82, 2.24) is 0 Å². The van der Waals surface area contributed by atoms with Crippen molar-refractivity contribution in [2.24, 2.45) is 0 Å². The average Bonchev–Trinajstić information content (AvgIpc) is 3.07. The summed E-state index contributed by atoms with van der Waals surface area (Å²) in [4.78, 5) is 15.8. The Morgan fingerprint density at radius 3 is 1.98 bits per heavy atom. The maximum absolute atomic E-state index is 13.3. The minimum atomic E-state index is -0.788. The van der Waals surface area contributed by atoms with Gasteiger partial charge >= 0.3 is 5.97 Å². The fourth-order valence-corrected chi connectivity index (χ4v) is 6.17. The van der Waals surface area contributed by atoms with E-state index in [1.165, 1.54) is 27.1 Å². The molecule has 3 nitrogen and oxygen atoms in total. The predicted molar refractivity (Wildman–Crippen MR) is 183 cm³/mol. The number of hydrogen-bond donors (Lipinski definition) is 0. The first-order valence-corrected chi connectivity index (χ1v) is 15.4. The summed E-state index contributed by atoms with van der Waals surface area (Å²) in [6.45, 7) is 8.70. The highest BCUT2D eigenvalue weighted by Gasteiger charge is 2.36. The topological polar surface area (TPSA) is 29.5 Å². The van der Waals surface area contributed by atoms with E-state index in [4.69, 9.17) is 4.74 Å². The summed E-state index contributed by atoms with van der Waals surface area (Å²) in [5, 5.41) is 4.85. The van der Waals surface area contributed by atoms with E-state index in [2.05, 4.69) is 128 Å². The summed E-state index contributed by atoms with van der Waals surface area (Å²) >= 11 is 0. The molecule has 44 heavy (non-hydrogen) atoms. The van der Waals surface area contributed by atoms with Gasteiger partial charge in [-0.3, -0.25) is 4.79 Å². The maximum atomic E-state index is 13.3. The summed E-state index contributed by atoms with van der Waals surface area (Å²) in [6.07, 6.45) is 0.866. The molecule has 0 aliphatic heterocycles. The lowest BCUT2D eigenvalue weighted by atomic mass is 9.81. The first-order chi connectivity index (χ1) is 21.3. The van der Waals surface area contributed by atoms with Crippen LogP contribution in [0.25, 0.3) is 21.5 Å². The summed E-state index contributed by atoms with van der Waals surface area (Å²) in [7, 11) is 0. The van der Waals surface area contributed by atoms with Gasteiger partial charge in [0.2, 0.25) is 0 Å². The molecule has 6 aromatic carbocycles. The summed E-state index contributed by atoms with van der Waals surface area (Å²) in [6, 6.07) is 48.8. The second kappa shape index (κ2) is 12.0. The fraction of sp³-hybridized carbons (Fsp3) is 0.195. The zero-order valence-corrected chi connectivity index (χ0v) is 26.0. The highest BCUT2D eigenvalue weighted by molar-refractivity contribution is 5.98. The molecule has 220 valence electrons. The summed E-state index contributed by atoms with van der Waals surface area (Å²) in [5.41, 5.74) is 4.22. The lowest BCUT2D eigenvalue weighted by molar-refractivity contribution is -0.150. The van der Waals surface area contributed by atoms with E-state index in [0.29, 0.717) is 0 Å². The normalized spacial score (nSPS) is 13.0. The van der Waals surface area contributed by atoms with E-state index in [-0.39, 0.29) is 18.1 Å². The number of benzene rings is 6. The molecule has 0 N–H and O–H groups in total. The highest BCUT2D eigenvalue weighted by Crippen LogP contribution is 2.45. The molecule has 0 aliphatic carbocycles. The quantitative estimate of drug-likeness (QED) is 0.160. The van der Waals surface area contributed by atoms with Crippen LogP contribution in [0.1, 0.15) is 50.8 Å². The highest BCUT2D eigenvalue weighted by atomic mass is 16.5. The predicted octanol–water partition coefficient (Wildman–Crippen LogP) is 10.5. The minimum Gasteiger partial charge on any atom is -0.460 e. The van der Waals surface area contributed by atoms with Crippen molar-refractivity contribution < 1.29 is 9.53 Å². The standard InChI is InChI=1S/C41H39NO2/c1-5-41(4,35-25-23-34(24-26-35)40(2,3)39(43)44-29-30-14-7-6-8-15-30)42(36-27-22-31-16-9-10-18-33(31)28-36)38-21-13-19-32-17-11-12-20-37(32)38/h6-28H,5,29H2,1-4H3. The second-order valence-electron chi connectivity index (χ2n) is 12.3. The van der Waals surface area contributed by atoms with E-state index in [1.807, 2.05) is 44.2 Å². The van der Waals surface area contributed by atoms with Gasteiger partial charge in [0.1, 0.15) is 6.61 Å². The van der Waals surface area contributed by atoms with Gasteiger partial charge in [-0.25, -0.2) is 0 Å². The third-order valence-corrected chi connectivity index (χ3v) is 9.13. The van der Waals surface area contributed by atoms with Crippen LogP contribution in [0.5, 0.6) is 0 Å². The first-order valence-electron chi connectivity index (χ1n) is 15.4. The zero-order chi connectivity index (χ0) is 30.7. The number of esters is 1. The Morgan fingerprint density at radius 1 is 0.636 bits per heavy atom. The van der Waals surface area contributed by atoms with Gasteiger partial charge in [-0.15, -0.1) is 0 Å². The zero-order valence-electron chi connectivity index (χ0n) is 26.0. The minimum absolute atomic E-state index is 0.235. The maximum Gasteiger partial charge on any atom is 0.316 e. The van der Waals surface area contributed by atoms with Crippen molar-refractivity contribution in [3.63, 3.8) is 0 Å². The lowest BCUT2D eigenvalue weighted by Gasteiger charge is -2.44. The molecule has 0 heterocycles. The number of ether oxygens (including phenoxy) is 1. The SMILES string of the molecule is CCC(C)(c1ccc(C(C)(C)C(=O)OCc2ccccc2)cc1)N(c1ccc2ccccc2c1)c1cccc2ccccc12. The van der Waals surface area contributed by atoms with E-state index < -0.39 is 5.41 Å². The number of hydrogen-bond acceptors (Lipinski definition) is 3. The van der Waals surface area contributed by atoms with E-state index in [1.54, 1.807) is 0 Å². The molecule has 0 fully saturated rings. The Labute approximate surface area is 260 Å². The van der Waals surface area contributed by atoms with Gasteiger partial charge in [-0.2, -0.15) is 0 Å². The van der Waals surface area contributed by atoms with Gasteiger partial charge < -0.3 is 9.64 Å². The van der Waals surface area contributed by atoms with E-state index >= 15 is 0 Å². The van der Waals surface area contributed by atoms with Gasteiger partial charge in [-0.1, -0.05) is 128 Å². The molecular formula is C41H39NO2. The molecule has 6 rings (SSSR count). The summed E-state index contributed by atoms with van der Waals surface area (Å²) < 4.78 is 5.75. The number of carbonyl (C=O) groups excluding carboxylic acids is 1. The Bertz CT molecular complexity index is 1900. The fourth-order valence-electron chi connectivity index (χ4n) is 6.17. The molecule has 0 saturated heterocycles. The number of rotatable bonds is 9. The van der Waals surface area contributed by atoms with E-state index in [9.17, 15) is 4.79 Å². The Kier molecular flexibility index (Phi) is 7.97. The number of nitrogens with zero attached hydrogens (tertiary/aromatic N) is 1. The smallest absolute Gasteiger partial charge is 0.316 e. The summed E-state index contributed by atoms with van der Waals surface area (Å²) in [5.74, 6) is -0.235. The first kappa shape index (κ1) is 29.2. The van der Waals surface area contributed by atoms with Crippen LogP contribution >= 0.6 is 0 Å². The van der Waals surface area contributed by atoms with Crippen LogP contribution in [0, 0.1) is 0 Å². The van der Waals surface area contributed by atoms with Crippen molar-refractivity contribution in [3.05, 3.63) is 156 Å². The number of anilines is 2. The molecule has 1 unspecified atom stereocenters. The van der Waals surface area contributed by atoms with Crippen LogP contribution in [0.4, 0.5) is 11.4 Å². The molecule has 0 radical (unpaired) electrons. The Balaban J connectivity index is 1.40. The van der Waals surface area contributed by atoms with E-state index in [0.717, 1.165) is 28.9 Å². The molecule has 1 atom stereocenters. The van der Waals surface area contributed by atoms with Crippen molar-refractivity contribution in [3.8, 4) is 0 Å². The molecule has 0 amide bonds. The van der Waals surface area contributed by atoms with Crippen LogP contribution < -0.4 is 4.90 Å². The van der Waals surface area contributed by atoms with Crippen LogP contribution in [0.15, 0.2) is 140 Å². The lowest BCUT2D eigenvalue weighted by Crippen LogP contribution is -2.40. The van der Waals surface area contributed by atoms with Crippen molar-refractivity contribution in [2.45, 2.75) is 51.7 Å². The number of fused-ring (bicyclic) bond motifs is 2. The van der Waals surface area contributed by atoms with Crippen molar-refractivity contribution in [1.29, 1.82) is 0 Å². The van der Waals surface area contributed by atoms with Crippen LogP contribution in [0.2, 0.25) is 0 Å². The van der Waals surface area contributed by atoms with Gasteiger partial charge in [0.05, 0.1) is 11.0 Å². The molecule has 0 bridgehead atoms. The van der Waals surface area contributed by atoms with Crippen LogP contribution in [-0.4, -0.2) is 5.97 Å². The van der Waals surface area contributed by atoms with Crippen molar-refractivity contribution >= 4 is 38.9 Å². The van der Waals surface area contributed by atoms with Crippen molar-refractivity contribution in [2.75, 3.05) is 4.90 Å².